The molecule has 3 aliphatic heterocycles. The Balaban J connectivity index is 0.879. The Bertz CT molecular complexity index is 3670. The van der Waals surface area contributed by atoms with E-state index in [2.05, 4.69) is 53.8 Å². The van der Waals surface area contributed by atoms with Crippen LogP contribution in [0.1, 0.15) is 39.0 Å². The molecule has 444 valence electrons. The number of nitrogens with zero attached hydrogens (tertiary/aromatic N) is 10. The number of amides is 1. The van der Waals surface area contributed by atoms with Gasteiger partial charge >= 0.3 is 36.9 Å². The van der Waals surface area contributed by atoms with Gasteiger partial charge in [0.1, 0.15) is 54.6 Å². The summed E-state index contributed by atoms with van der Waals surface area (Å²) in [5.41, 5.74) is 15.6. The van der Waals surface area contributed by atoms with Crippen molar-refractivity contribution in [2.24, 2.45) is 13.0 Å². The van der Waals surface area contributed by atoms with E-state index in [4.69, 9.17) is 54.2 Å². The standard InChI is InChI=1S/C37H52N16O24P4/c1-13(2)45-18(54)5-14-15(72-33(22(14)55)53-12-50(3)21-30(53)47-37(40)49-32(21)59)6-70-79(62,63)76-81(66,67)77-80(64,65)71-8-17-25(26(68-4)35(74-17)51-10-43-19-27(38)41-9-42-28(19)51)75-78(60,61)69-7-16-23(56)24(57)34(73-16)52-11-44-20-29(52)46-36(39)48-31(20)58/h9-17,22-26,33-35,55-57H,5-8H2,1-4H3,(H12-,38,39,40,41,42,45,46,47,48,49,54,58,59,60,61,62,63,64,65,66,67)/p+1/t14-,15-,16-,17-,22-,23-,24-,25-,26-,33-,34-,35-/m1/s1. The van der Waals surface area contributed by atoms with Crippen LogP contribution in [-0.4, -0.2) is 176 Å². The Kier molecular flexibility index (Phi) is 16.9. The minimum absolute atomic E-state index is 0.00387. The predicted molar refractivity (Wildman–Crippen MR) is 264 cm³/mol. The van der Waals surface area contributed by atoms with Crippen LogP contribution in [0.15, 0.2) is 34.9 Å². The smallest absolute Gasteiger partial charge is 0.387 e. The highest BCUT2D eigenvalue weighted by molar-refractivity contribution is 7.66. The maximum absolute atomic E-state index is 13.8. The van der Waals surface area contributed by atoms with Crippen LogP contribution >= 0.6 is 31.3 Å². The average molecular weight is 1230 g/mol. The van der Waals surface area contributed by atoms with Crippen molar-refractivity contribution in [2.45, 2.75) is 93.8 Å². The Morgan fingerprint density at radius 3 is 2.00 bits per heavy atom. The van der Waals surface area contributed by atoms with Gasteiger partial charge in [0.25, 0.3) is 17.1 Å². The summed E-state index contributed by atoms with van der Waals surface area (Å²) in [6.07, 6.45) is -14.0. The van der Waals surface area contributed by atoms with E-state index in [0.29, 0.717) is 0 Å². The zero-order valence-corrected chi connectivity index (χ0v) is 45.8. The lowest BCUT2D eigenvalue weighted by Crippen LogP contribution is -2.45. The van der Waals surface area contributed by atoms with Crippen molar-refractivity contribution in [3.05, 3.63) is 46.0 Å². The van der Waals surface area contributed by atoms with E-state index < -0.39 is 148 Å². The molecular weight excluding hydrogens is 1180 g/mol. The second-order valence-electron chi connectivity index (χ2n) is 18.6. The molecule has 1 amide bonds. The Morgan fingerprint density at radius 1 is 0.741 bits per heavy atom. The molecule has 3 fully saturated rings. The summed E-state index contributed by atoms with van der Waals surface area (Å²) in [6.45, 7) is -0.0288. The average Bonchev–Trinajstić information content (AvgIpc) is 3.45. The van der Waals surface area contributed by atoms with Crippen molar-refractivity contribution in [1.29, 1.82) is 0 Å². The molecule has 6 aromatic heterocycles. The van der Waals surface area contributed by atoms with Crippen LogP contribution in [0.5, 0.6) is 0 Å². The molecule has 0 aliphatic carbocycles. The molecule has 16 atom stereocenters. The third kappa shape index (κ3) is 12.7. The number of hydrogen-bond acceptors (Lipinski definition) is 29. The quantitative estimate of drug-likeness (QED) is 0.0231. The highest BCUT2D eigenvalue weighted by Crippen LogP contribution is 2.68. The van der Waals surface area contributed by atoms with Crippen LogP contribution < -0.4 is 38.2 Å². The van der Waals surface area contributed by atoms with Gasteiger partial charge in [-0.2, -0.15) is 13.6 Å². The number of phosphoric ester groups is 3. The third-order valence-electron chi connectivity index (χ3n) is 12.6. The number of fused-ring (bicyclic) bond motifs is 3. The molecule has 44 heteroatoms. The van der Waals surface area contributed by atoms with Crippen LogP contribution in [0, 0.1) is 5.92 Å². The number of ether oxygens (including phenoxy) is 4. The molecule has 3 aliphatic rings. The molecule has 81 heavy (non-hydrogen) atoms. The fourth-order valence-corrected chi connectivity index (χ4v) is 13.7. The number of phosphoric acid groups is 4. The number of nitrogens with one attached hydrogen (secondary N) is 3. The van der Waals surface area contributed by atoms with E-state index in [-0.39, 0.29) is 57.2 Å². The number of carbonyl (C=O) groups excluding carboxylic acids is 1. The molecule has 9 rings (SSSR count). The van der Waals surface area contributed by atoms with Gasteiger partial charge in [-0.15, -0.1) is 0 Å². The number of aromatic nitrogens is 12. The number of aliphatic hydroxyl groups excluding tert-OH is 3. The summed E-state index contributed by atoms with van der Waals surface area (Å²) < 4.78 is 111. The number of aryl methyl sites for hydroxylation is 1. The van der Waals surface area contributed by atoms with Gasteiger partial charge in [0, 0.05) is 25.5 Å². The fraction of sp³-hybridized carbons (Fsp3) is 0.568. The van der Waals surface area contributed by atoms with Crippen LogP contribution in [0.2, 0.25) is 0 Å². The largest absolute Gasteiger partial charge is 0.490 e. The monoisotopic (exact) mass is 1230 g/mol. The summed E-state index contributed by atoms with van der Waals surface area (Å²) in [4.78, 5) is 110. The van der Waals surface area contributed by atoms with E-state index in [1.807, 2.05) is 0 Å². The molecule has 16 N–H and O–H groups in total. The molecule has 0 radical (unpaired) electrons. The summed E-state index contributed by atoms with van der Waals surface area (Å²) in [6, 6.07) is -0.373. The molecule has 0 spiro atoms. The fourth-order valence-electron chi connectivity index (χ4n) is 9.22. The molecule has 40 nitrogen and oxygen atoms in total. The van der Waals surface area contributed by atoms with Crippen LogP contribution in [0.3, 0.4) is 0 Å². The number of carbonyl (C=O) groups is 1. The third-order valence-corrected chi connectivity index (χ3v) is 17.8. The Labute approximate surface area is 451 Å². The number of anilines is 3. The lowest BCUT2D eigenvalue weighted by molar-refractivity contribution is -0.745. The zero-order valence-electron chi connectivity index (χ0n) is 42.2. The SMILES string of the molecule is CO[C@@H]1[C@H](OP(=O)(O)OC[C@H]2O[C@@H](n3cnc4c(=O)[nH]c(N)nc43)[C@H](O)[C@@H]2O)[C@@H](COP(=O)(O)OP(=O)(O)OP(=O)(O)OC[C@H]2O[C@@H]([n+]3cn(C)c4c(=O)[nH]c(N)nc43)[C@H](O)[C@@H]2CC(=O)NC(C)C)O[C@H]1n1cnc2c(N)ncnc21. The molecular formula is C37H53N16O24P4+. The first-order chi connectivity index (χ1) is 38.0. The van der Waals surface area contributed by atoms with Crippen LogP contribution in [0.25, 0.3) is 33.5 Å². The maximum Gasteiger partial charge on any atom is 0.490 e. The molecule has 0 saturated carbocycles. The van der Waals surface area contributed by atoms with Gasteiger partial charge in [0.2, 0.25) is 23.6 Å². The lowest BCUT2D eigenvalue weighted by Gasteiger charge is -2.26. The van der Waals surface area contributed by atoms with Crippen molar-refractivity contribution in [3.63, 3.8) is 0 Å². The number of aromatic amines is 2. The Hall–Kier alpha value is -5.64. The number of nitrogen functional groups attached to an aromatic ring is 3. The van der Waals surface area contributed by atoms with Gasteiger partial charge in [-0.25, -0.2) is 42.8 Å². The van der Waals surface area contributed by atoms with Crippen molar-refractivity contribution >= 4 is 88.4 Å². The van der Waals surface area contributed by atoms with Crippen molar-refractivity contribution in [2.75, 3.05) is 44.1 Å². The van der Waals surface area contributed by atoms with Crippen molar-refractivity contribution in [3.8, 4) is 0 Å². The van der Waals surface area contributed by atoms with Gasteiger partial charge in [-0.05, 0) is 13.8 Å². The lowest BCUT2D eigenvalue weighted by atomic mass is 9.94. The van der Waals surface area contributed by atoms with Crippen LogP contribution in [0.4, 0.5) is 17.7 Å². The van der Waals surface area contributed by atoms with Gasteiger partial charge in [-0.1, -0.05) is 4.98 Å². The second kappa shape index (κ2) is 22.8. The summed E-state index contributed by atoms with van der Waals surface area (Å²) in [5, 5.41) is 35.9. The Morgan fingerprint density at radius 2 is 1.33 bits per heavy atom. The van der Waals surface area contributed by atoms with Gasteiger partial charge in [-0.3, -0.25) is 56.1 Å². The maximum atomic E-state index is 13.8. The minimum Gasteiger partial charge on any atom is -0.387 e. The number of imidazole rings is 3. The van der Waals surface area contributed by atoms with Crippen molar-refractivity contribution < 1.29 is 108 Å². The summed E-state index contributed by atoms with van der Waals surface area (Å²) in [5.74, 6) is -2.58. The molecule has 0 bridgehead atoms. The van der Waals surface area contributed by atoms with Gasteiger partial charge < -0.3 is 76.4 Å². The normalized spacial score (nSPS) is 29.1. The number of nitrogens with two attached hydrogens (primary N) is 3. The first kappa shape index (κ1) is 60.0. The zero-order chi connectivity index (χ0) is 58.8. The molecule has 6 aromatic rings. The van der Waals surface area contributed by atoms with Crippen molar-refractivity contribution in [1.82, 2.24) is 58.9 Å². The topological polar surface area (TPSA) is 571 Å². The highest BCUT2D eigenvalue weighted by atomic mass is 31.3. The first-order valence-corrected chi connectivity index (χ1v) is 29.5. The van der Waals surface area contributed by atoms with E-state index in [0.717, 1.165) is 30.7 Å². The number of hydrogen-bond donors (Lipinski definition) is 13. The molecule has 4 unspecified atom stereocenters. The number of methoxy groups -OCH3 is 1. The van der Waals surface area contributed by atoms with Gasteiger partial charge in [0.15, 0.2) is 41.4 Å². The van der Waals surface area contributed by atoms with E-state index >= 15 is 0 Å². The summed E-state index contributed by atoms with van der Waals surface area (Å²) >= 11 is 0. The minimum atomic E-state index is -6.24. The van der Waals surface area contributed by atoms with E-state index in [9.17, 15) is 67.5 Å². The second-order valence-corrected chi connectivity index (χ2v) is 24.6. The van der Waals surface area contributed by atoms with Gasteiger partial charge in [0.05, 0.1) is 45.6 Å². The molecule has 9 heterocycles. The number of H-pyrrole nitrogens is 2. The molecule has 3 saturated heterocycles. The summed E-state index contributed by atoms with van der Waals surface area (Å²) in [7, 11) is -21.0. The van der Waals surface area contributed by atoms with Crippen LogP contribution in [-0.2, 0) is 75.8 Å². The molecule has 0 aromatic carbocycles. The number of rotatable bonds is 22. The number of aliphatic hydroxyl groups is 3. The highest BCUT2D eigenvalue weighted by Gasteiger charge is 2.54. The predicted octanol–water partition coefficient (Wildman–Crippen LogP) is -3.54. The van der Waals surface area contributed by atoms with E-state index in [1.54, 1.807) is 13.8 Å². The first-order valence-electron chi connectivity index (χ1n) is 23.6. The van der Waals surface area contributed by atoms with E-state index in [1.165, 1.54) is 27.1 Å².